The van der Waals surface area contributed by atoms with Gasteiger partial charge in [-0.15, -0.1) is 0 Å². The van der Waals surface area contributed by atoms with Crippen molar-refractivity contribution < 1.29 is 0 Å². The normalized spacial score (nSPS) is 24.6. The van der Waals surface area contributed by atoms with Crippen LogP contribution in [0.15, 0.2) is 24.4 Å². The minimum Gasteiger partial charge on any atom is -0.239 e. The van der Waals surface area contributed by atoms with E-state index in [1.807, 2.05) is 16.8 Å². The SMILES string of the molecule is Clc1ccc(-n2cc3c(n2)C2CCC3C2)c(Cl)c1. The first-order valence-corrected chi connectivity index (χ1v) is 7.03. The molecular formula is C14H12Cl2N2. The van der Waals surface area contributed by atoms with E-state index >= 15 is 0 Å². The van der Waals surface area contributed by atoms with E-state index in [0.717, 1.165) is 11.6 Å². The largest absolute Gasteiger partial charge is 0.239 e. The molecule has 2 atom stereocenters. The van der Waals surface area contributed by atoms with Gasteiger partial charge in [-0.3, -0.25) is 0 Å². The van der Waals surface area contributed by atoms with Gasteiger partial charge in [0.25, 0.3) is 0 Å². The lowest BCUT2D eigenvalue weighted by molar-refractivity contribution is 0.689. The Balaban J connectivity index is 1.83. The van der Waals surface area contributed by atoms with E-state index in [9.17, 15) is 0 Å². The molecule has 2 nitrogen and oxygen atoms in total. The molecule has 0 spiro atoms. The topological polar surface area (TPSA) is 17.8 Å². The number of halogens is 2. The van der Waals surface area contributed by atoms with Gasteiger partial charge in [-0.2, -0.15) is 5.10 Å². The fraction of sp³-hybridized carbons (Fsp3) is 0.357. The van der Waals surface area contributed by atoms with Gasteiger partial charge in [0.05, 0.1) is 16.4 Å². The van der Waals surface area contributed by atoms with Gasteiger partial charge in [0.2, 0.25) is 0 Å². The van der Waals surface area contributed by atoms with Gasteiger partial charge in [-0.25, -0.2) is 4.68 Å². The second kappa shape index (κ2) is 3.75. The Labute approximate surface area is 116 Å². The maximum atomic E-state index is 6.23. The molecule has 4 rings (SSSR count). The van der Waals surface area contributed by atoms with Gasteiger partial charge >= 0.3 is 0 Å². The third-order valence-corrected chi connectivity index (χ3v) is 4.73. The molecule has 2 aromatic rings. The maximum absolute atomic E-state index is 6.23. The number of fused-ring (bicyclic) bond motifs is 5. The van der Waals surface area contributed by atoms with E-state index in [0.29, 0.717) is 16.0 Å². The van der Waals surface area contributed by atoms with Gasteiger partial charge in [-0.1, -0.05) is 23.2 Å². The fourth-order valence-corrected chi connectivity index (χ4v) is 3.83. The Hall–Kier alpha value is -0.990. The monoisotopic (exact) mass is 278 g/mol. The third-order valence-electron chi connectivity index (χ3n) is 4.19. The van der Waals surface area contributed by atoms with E-state index < -0.39 is 0 Å². The molecule has 0 saturated heterocycles. The zero-order valence-electron chi connectivity index (χ0n) is 9.74. The average Bonchev–Trinajstić information content (AvgIpc) is 3.00. The highest BCUT2D eigenvalue weighted by Crippen LogP contribution is 2.52. The number of nitrogens with zero attached hydrogens (tertiary/aromatic N) is 2. The summed E-state index contributed by atoms with van der Waals surface area (Å²) < 4.78 is 1.91. The molecular weight excluding hydrogens is 267 g/mol. The summed E-state index contributed by atoms with van der Waals surface area (Å²) in [4.78, 5) is 0. The molecule has 92 valence electrons. The summed E-state index contributed by atoms with van der Waals surface area (Å²) in [6, 6.07) is 5.54. The Morgan fingerprint density at radius 1 is 1.17 bits per heavy atom. The lowest BCUT2D eigenvalue weighted by Gasteiger charge is -2.06. The first-order valence-electron chi connectivity index (χ1n) is 6.27. The molecule has 1 aromatic heterocycles. The van der Waals surface area contributed by atoms with Crippen molar-refractivity contribution in [1.82, 2.24) is 9.78 Å². The molecule has 1 saturated carbocycles. The van der Waals surface area contributed by atoms with Crippen LogP contribution in [0.5, 0.6) is 0 Å². The number of hydrogen-bond acceptors (Lipinski definition) is 1. The summed E-state index contributed by atoms with van der Waals surface area (Å²) in [6.07, 6.45) is 6.06. The van der Waals surface area contributed by atoms with E-state index in [-0.39, 0.29) is 0 Å². The Morgan fingerprint density at radius 3 is 2.78 bits per heavy atom. The zero-order chi connectivity index (χ0) is 12.3. The molecule has 2 bridgehead atoms. The van der Waals surface area contributed by atoms with E-state index in [1.54, 1.807) is 6.07 Å². The van der Waals surface area contributed by atoms with Crippen LogP contribution in [-0.4, -0.2) is 9.78 Å². The van der Waals surface area contributed by atoms with Crippen LogP contribution in [0, 0.1) is 0 Å². The van der Waals surface area contributed by atoms with Crippen LogP contribution in [0.1, 0.15) is 42.4 Å². The molecule has 4 heteroatoms. The molecule has 1 fully saturated rings. The predicted octanol–water partition coefficient (Wildman–Crippen LogP) is 4.54. The van der Waals surface area contributed by atoms with Crippen molar-refractivity contribution in [1.29, 1.82) is 0 Å². The molecule has 0 aliphatic heterocycles. The van der Waals surface area contributed by atoms with E-state index in [1.165, 1.54) is 30.5 Å². The van der Waals surface area contributed by atoms with Crippen LogP contribution >= 0.6 is 23.2 Å². The van der Waals surface area contributed by atoms with Gasteiger partial charge < -0.3 is 0 Å². The molecule has 18 heavy (non-hydrogen) atoms. The van der Waals surface area contributed by atoms with Crippen molar-refractivity contribution in [3.8, 4) is 5.69 Å². The summed E-state index contributed by atoms with van der Waals surface area (Å²) in [5, 5.41) is 6.03. The molecule has 0 amide bonds. The predicted molar refractivity (Wildman–Crippen MR) is 72.9 cm³/mol. The van der Waals surface area contributed by atoms with Gasteiger partial charge in [0.15, 0.2) is 0 Å². The molecule has 0 N–H and O–H groups in total. The first kappa shape index (κ1) is 10.9. The molecule has 0 radical (unpaired) electrons. The summed E-state index contributed by atoms with van der Waals surface area (Å²) in [6.45, 7) is 0. The van der Waals surface area contributed by atoms with Gasteiger partial charge in [0, 0.05) is 17.1 Å². The van der Waals surface area contributed by atoms with Gasteiger partial charge in [-0.05, 0) is 48.9 Å². The van der Waals surface area contributed by atoms with Crippen molar-refractivity contribution in [2.24, 2.45) is 0 Å². The highest BCUT2D eigenvalue weighted by molar-refractivity contribution is 6.35. The van der Waals surface area contributed by atoms with Crippen LogP contribution in [0.25, 0.3) is 5.69 Å². The van der Waals surface area contributed by atoms with Crippen LogP contribution in [0.2, 0.25) is 10.0 Å². The van der Waals surface area contributed by atoms with Crippen molar-refractivity contribution in [3.63, 3.8) is 0 Å². The highest BCUT2D eigenvalue weighted by Gasteiger charge is 2.39. The van der Waals surface area contributed by atoms with Crippen LogP contribution in [0.3, 0.4) is 0 Å². The summed E-state index contributed by atoms with van der Waals surface area (Å²) in [7, 11) is 0. The lowest BCUT2D eigenvalue weighted by atomic mass is 9.99. The van der Waals surface area contributed by atoms with Crippen molar-refractivity contribution >= 4 is 23.2 Å². The number of aromatic nitrogens is 2. The standard InChI is InChI=1S/C14H12Cl2N2/c15-10-3-4-13(12(16)6-10)18-7-11-8-1-2-9(5-8)14(11)17-18/h3-4,6-9H,1-2,5H2. The average molecular weight is 279 g/mol. The molecule has 2 aliphatic carbocycles. The minimum atomic E-state index is 0.649. The van der Waals surface area contributed by atoms with Crippen LogP contribution in [0.4, 0.5) is 0 Å². The van der Waals surface area contributed by atoms with Crippen molar-refractivity contribution in [3.05, 3.63) is 45.7 Å². The number of benzene rings is 1. The Kier molecular flexibility index (Phi) is 2.27. The third kappa shape index (κ3) is 1.45. The number of hydrogen-bond donors (Lipinski definition) is 0. The minimum absolute atomic E-state index is 0.649. The Morgan fingerprint density at radius 2 is 2.00 bits per heavy atom. The summed E-state index contributed by atoms with van der Waals surface area (Å²) in [5.41, 5.74) is 3.63. The maximum Gasteiger partial charge on any atom is 0.0833 e. The summed E-state index contributed by atoms with van der Waals surface area (Å²) in [5.74, 6) is 1.40. The second-order valence-corrected chi connectivity index (χ2v) is 6.06. The van der Waals surface area contributed by atoms with Crippen LogP contribution in [-0.2, 0) is 0 Å². The quantitative estimate of drug-likeness (QED) is 0.749. The molecule has 2 aliphatic rings. The smallest absolute Gasteiger partial charge is 0.0833 e. The second-order valence-electron chi connectivity index (χ2n) is 5.22. The van der Waals surface area contributed by atoms with Crippen molar-refractivity contribution in [2.45, 2.75) is 31.1 Å². The zero-order valence-corrected chi connectivity index (χ0v) is 11.2. The van der Waals surface area contributed by atoms with Gasteiger partial charge in [0.1, 0.15) is 0 Å². The lowest BCUT2D eigenvalue weighted by Crippen LogP contribution is -1.99. The summed E-state index contributed by atoms with van der Waals surface area (Å²) >= 11 is 12.2. The molecule has 1 aromatic carbocycles. The fourth-order valence-electron chi connectivity index (χ4n) is 3.34. The van der Waals surface area contributed by atoms with E-state index in [2.05, 4.69) is 6.20 Å². The highest BCUT2D eigenvalue weighted by atomic mass is 35.5. The molecule has 1 heterocycles. The molecule has 2 unspecified atom stereocenters. The van der Waals surface area contributed by atoms with Crippen LogP contribution < -0.4 is 0 Å². The number of rotatable bonds is 1. The Bertz CT molecular complexity index is 605. The first-order chi connectivity index (χ1) is 8.72. The van der Waals surface area contributed by atoms with Crippen molar-refractivity contribution in [2.75, 3.05) is 0 Å². The van der Waals surface area contributed by atoms with E-state index in [4.69, 9.17) is 28.3 Å².